The largest absolute Gasteiger partial charge is 0.370 e. The van der Waals surface area contributed by atoms with Gasteiger partial charge in [0, 0.05) is 31.4 Å². The van der Waals surface area contributed by atoms with Crippen molar-refractivity contribution >= 4 is 35.6 Å². The summed E-state index contributed by atoms with van der Waals surface area (Å²) in [5.41, 5.74) is 1.23. The molecule has 0 spiro atoms. The number of rotatable bonds is 6. The molecule has 1 aliphatic rings. The van der Waals surface area contributed by atoms with Gasteiger partial charge in [-0.3, -0.25) is 4.99 Å². The average molecular weight is 402 g/mol. The van der Waals surface area contributed by atoms with Crippen molar-refractivity contribution in [2.75, 3.05) is 25.0 Å². The minimum Gasteiger partial charge on any atom is -0.370 e. The van der Waals surface area contributed by atoms with Crippen LogP contribution in [0.2, 0.25) is 0 Å². The fraction of sp³-hybridized carbons (Fsp3) is 0.562. The highest BCUT2D eigenvalue weighted by atomic mass is 127. The van der Waals surface area contributed by atoms with Gasteiger partial charge in [0.25, 0.3) is 0 Å². The first-order chi connectivity index (χ1) is 9.70. The molecule has 21 heavy (non-hydrogen) atoms. The molecule has 1 aromatic carbocycles. The summed E-state index contributed by atoms with van der Waals surface area (Å²) in [4.78, 5) is 6.96. The first-order valence-electron chi connectivity index (χ1n) is 7.53. The van der Waals surface area contributed by atoms with Gasteiger partial charge in [-0.25, -0.2) is 0 Å². The first-order valence-corrected chi connectivity index (χ1v) is 7.53. The van der Waals surface area contributed by atoms with Gasteiger partial charge in [-0.2, -0.15) is 0 Å². The second-order valence-electron chi connectivity index (χ2n) is 5.43. The zero-order valence-electron chi connectivity index (χ0n) is 13.2. The molecular formula is C16H27IN4. The third-order valence-corrected chi connectivity index (χ3v) is 3.60. The van der Waals surface area contributed by atoms with E-state index >= 15 is 0 Å². The smallest absolute Gasteiger partial charge is 0.191 e. The van der Waals surface area contributed by atoms with Crippen LogP contribution in [0.3, 0.4) is 0 Å². The fourth-order valence-corrected chi connectivity index (χ4v) is 2.00. The molecule has 5 heteroatoms. The Balaban J connectivity index is 0.00000220. The van der Waals surface area contributed by atoms with E-state index in [4.69, 9.17) is 4.99 Å². The molecule has 1 fully saturated rings. The van der Waals surface area contributed by atoms with Crippen molar-refractivity contribution in [3.8, 4) is 0 Å². The number of halogens is 1. The maximum Gasteiger partial charge on any atom is 0.191 e. The summed E-state index contributed by atoms with van der Waals surface area (Å²) in [6, 6.07) is 11.5. The molecule has 1 unspecified atom stereocenters. The van der Waals surface area contributed by atoms with E-state index < -0.39 is 0 Å². The van der Waals surface area contributed by atoms with E-state index in [-0.39, 0.29) is 24.0 Å². The number of hydrogen-bond acceptors (Lipinski definition) is 2. The van der Waals surface area contributed by atoms with E-state index in [9.17, 15) is 0 Å². The van der Waals surface area contributed by atoms with E-state index in [1.54, 1.807) is 0 Å². The SMILES string of the molecule is CCNC(=NCC(C)N(C)c1ccccc1)NC1CC1.I. The van der Waals surface area contributed by atoms with Crippen molar-refractivity contribution in [2.45, 2.75) is 38.8 Å². The third kappa shape index (κ3) is 6.11. The number of likely N-dealkylation sites (N-methyl/N-ethyl adjacent to an activating group) is 1. The summed E-state index contributed by atoms with van der Waals surface area (Å²) in [7, 11) is 2.12. The lowest BCUT2D eigenvalue weighted by Crippen LogP contribution is -2.40. The topological polar surface area (TPSA) is 39.7 Å². The Hall–Kier alpha value is -0.980. The summed E-state index contributed by atoms with van der Waals surface area (Å²) >= 11 is 0. The number of aliphatic imine (C=N–C) groups is 1. The molecule has 2 rings (SSSR count). The Morgan fingerprint density at radius 1 is 1.33 bits per heavy atom. The normalized spacial score (nSPS) is 15.9. The molecule has 0 bridgehead atoms. The number of nitrogens with zero attached hydrogens (tertiary/aromatic N) is 2. The standard InChI is InChI=1S/C16H26N4.HI/c1-4-17-16(19-14-10-11-14)18-12-13(2)20(3)15-8-6-5-7-9-15;/h5-9,13-14H,4,10-12H2,1-3H3,(H2,17,18,19);1H. The summed E-state index contributed by atoms with van der Waals surface area (Å²) in [5, 5.41) is 6.75. The maximum atomic E-state index is 4.69. The Bertz CT molecular complexity index is 431. The summed E-state index contributed by atoms with van der Waals surface area (Å²) in [5.74, 6) is 0.948. The predicted octanol–water partition coefficient (Wildman–Crippen LogP) is 2.85. The number of nitrogens with one attached hydrogen (secondary N) is 2. The monoisotopic (exact) mass is 402 g/mol. The van der Waals surface area contributed by atoms with Gasteiger partial charge >= 0.3 is 0 Å². The fourth-order valence-electron chi connectivity index (χ4n) is 2.00. The van der Waals surface area contributed by atoms with Gasteiger partial charge in [0.1, 0.15) is 0 Å². The van der Waals surface area contributed by atoms with Gasteiger partial charge in [0.05, 0.1) is 6.54 Å². The molecule has 0 radical (unpaired) electrons. The van der Waals surface area contributed by atoms with E-state index in [1.165, 1.54) is 18.5 Å². The average Bonchev–Trinajstić information content (AvgIpc) is 3.29. The van der Waals surface area contributed by atoms with E-state index in [0.29, 0.717) is 12.1 Å². The molecular weight excluding hydrogens is 375 g/mol. The highest BCUT2D eigenvalue weighted by molar-refractivity contribution is 14.0. The third-order valence-electron chi connectivity index (χ3n) is 3.60. The Kier molecular flexibility index (Phi) is 7.85. The Morgan fingerprint density at radius 3 is 2.57 bits per heavy atom. The lowest BCUT2D eigenvalue weighted by molar-refractivity contribution is 0.686. The molecule has 1 atom stereocenters. The lowest BCUT2D eigenvalue weighted by atomic mass is 10.2. The minimum absolute atomic E-state index is 0. The number of hydrogen-bond donors (Lipinski definition) is 2. The van der Waals surface area contributed by atoms with Gasteiger partial charge in [-0.05, 0) is 38.8 Å². The summed E-state index contributed by atoms with van der Waals surface area (Å²) in [6.07, 6.45) is 2.54. The minimum atomic E-state index is 0. The Labute approximate surface area is 145 Å². The van der Waals surface area contributed by atoms with Crippen molar-refractivity contribution in [1.29, 1.82) is 0 Å². The molecule has 0 aromatic heterocycles. The van der Waals surface area contributed by atoms with Crippen LogP contribution in [0.25, 0.3) is 0 Å². The van der Waals surface area contributed by atoms with Crippen LogP contribution in [0.4, 0.5) is 5.69 Å². The lowest BCUT2D eigenvalue weighted by Gasteiger charge is -2.26. The zero-order chi connectivity index (χ0) is 14.4. The highest BCUT2D eigenvalue weighted by Gasteiger charge is 2.22. The number of benzene rings is 1. The summed E-state index contributed by atoms with van der Waals surface area (Å²) in [6.45, 7) is 6.00. The first kappa shape index (κ1) is 18.1. The van der Waals surface area contributed by atoms with Crippen molar-refractivity contribution in [1.82, 2.24) is 10.6 Å². The molecule has 0 saturated heterocycles. The number of para-hydroxylation sites is 1. The van der Waals surface area contributed by atoms with Crippen molar-refractivity contribution in [2.24, 2.45) is 4.99 Å². The van der Waals surface area contributed by atoms with Crippen LogP contribution >= 0.6 is 24.0 Å². The van der Waals surface area contributed by atoms with E-state index in [1.807, 2.05) is 6.07 Å². The van der Waals surface area contributed by atoms with Gasteiger partial charge in [0.15, 0.2) is 5.96 Å². The van der Waals surface area contributed by atoms with Crippen LogP contribution in [0.1, 0.15) is 26.7 Å². The van der Waals surface area contributed by atoms with Crippen LogP contribution in [-0.2, 0) is 0 Å². The van der Waals surface area contributed by atoms with Crippen molar-refractivity contribution in [3.63, 3.8) is 0 Å². The Morgan fingerprint density at radius 2 is 2.00 bits per heavy atom. The van der Waals surface area contributed by atoms with Gasteiger partial charge in [-0.15, -0.1) is 24.0 Å². The predicted molar refractivity (Wildman–Crippen MR) is 102 cm³/mol. The molecule has 0 amide bonds. The molecule has 1 aromatic rings. The van der Waals surface area contributed by atoms with Crippen LogP contribution in [0.5, 0.6) is 0 Å². The molecule has 2 N–H and O–H groups in total. The molecule has 0 heterocycles. The van der Waals surface area contributed by atoms with E-state index in [2.05, 4.69) is 60.7 Å². The second-order valence-corrected chi connectivity index (χ2v) is 5.43. The highest BCUT2D eigenvalue weighted by Crippen LogP contribution is 2.18. The van der Waals surface area contributed by atoms with Gasteiger partial charge in [-0.1, -0.05) is 18.2 Å². The molecule has 0 aliphatic heterocycles. The summed E-state index contributed by atoms with van der Waals surface area (Å²) < 4.78 is 0. The zero-order valence-corrected chi connectivity index (χ0v) is 15.5. The van der Waals surface area contributed by atoms with Crippen molar-refractivity contribution < 1.29 is 0 Å². The van der Waals surface area contributed by atoms with Crippen LogP contribution < -0.4 is 15.5 Å². The second kappa shape index (κ2) is 9.12. The van der Waals surface area contributed by atoms with Gasteiger partial charge < -0.3 is 15.5 Å². The van der Waals surface area contributed by atoms with Crippen LogP contribution in [0, 0.1) is 0 Å². The quantitative estimate of drug-likeness (QED) is 0.437. The molecule has 1 aliphatic carbocycles. The van der Waals surface area contributed by atoms with E-state index in [0.717, 1.165) is 19.0 Å². The van der Waals surface area contributed by atoms with Crippen molar-refractivity contribution in [3.05, 3.63) is 30.3 Å². The number of anilines is 1. The molecule has 1 saturated carbocycles. The van der Waals surface area contributed by atoms with Crippen LogP contribution in [-0.4, -0.2) is 38.2 Å². The van der Waals surface area contributed by atoms with Crippen LogP contribution in [0.15, 0.2) is 35.3 Å². The number of guanidine groups is 1. The van der Waals surface area contributed by atoms with Gasteiger partial charge in [0.2, 0.25) is 0 Å². The maximum absolute atomic E-state index is 4.69. The molecule has 4 nitrogen and oxygen atoms in total. The molecule has 118 valence electrons.